The van der Waals surface area contributed by atoms with Crippen LogP contribution in [-0.2, 0) is 11.2 Å². The van der Waals surface area contributed by atoms with E-state index >= 15 is 0 Å². The number of likely N-dealkylation sites (tertiary alicyclic amines) is 1. The number of nitriles is 1. The van der Waals surface area contributed by atoms with Crippen LogP contribution in [0.1, 0.15) is 55.7 Å². The third kappa shape index (κ3) is 4.04. The van der Waals surface area contributed by atoms with Gasteiger partial charge in [-0.15, -0.1) is 11.8 Å². The fourth-order valence-electron chi connectivity index (χ4n) is 4.82. The number of fused-ring (bicyclic) bond motifs is 2. The molecule has 2 aliphatic rings. The lowest BCUT2D eigenvalue weighted by atomic mass is 9.71. The van der Waals surface area contributed by atoms with Gasteiger partial charge in [-0.1, -0.05) is 42.8 Å². The topological polar surface area (TPSA) is 36.3 Å². The molecule has 1 fully saturated rings. The molecule has 3 nitrogen and oxygen atoms in total. The SMILES string of the molecule is CCOc1cccc2c1SCc1ccccc1C2(C#N)CCCN1CCCCC1. The van der Waals surface area contributed by atoms with Crippen molar-refractivity contribution >= 4 is 11.8 Å². The second kappa shape index (κ2) is 9.24. The number of benzene rings is 2. The Labute approximate surface area is 179 Å². The van der Waals surface area contributed by atoms with Crippen molar-refractivity contribution in [3.63, 3.8) is 0 Å². The minimum atomic E-state index is -0.613. The Morgan fingerprint density at radius 2 is 1.86 bits per heavy atom. The molecule has 0 spiro atoms. The van der Waals surface area contributed by atoms with Crippen molar-refractivity contribution in [1.29, 1.82) is 5.26 Å². The predicted molar refractivity (Wildman–Crippen MR) is 120 cm³/mol. The lowest BCUT2D eigenvalue weighted by Crippen LogP contribution is -2.33. The summed E-state index contributed by atoms with van der Waals surface area (Å²) in [6.07, 6.45) is 5.86. The molecular weight excluding hydrogens is 376 g/mol. The van der Waals surface area contributed by atoms with E-state index in [-0.39, 0.29) is 0 Å². The minimum Gasteiger partial charge on any atom is -0.493 e. The molecule has 2 aromatic rings. The third-order valence-corrected chi connectivity index (χ3v) is 7.42. The maximum atomic E-state index is 10.6. The van der Waals surface area contributed by atoms with Crippen LogP contribution in [0.2, 0.25) is 0 Å². The fraction of sp³-hybridized carbons (Fsp3) is 0.480. The number of thioether (sulfide) groups is 1. The summed E-state index contributed by atoms with van der Waals surface area (Å²) >= 11 is 1.81. The lowest BCUT2D eigenvalue weighted by Gasteiger charge is -2.32. The van der Waals surface area contributed by atoms with Gasteiger partial charge < -0.3 is 9.64 Å². The average Bonchev–Trinajstić information content (AvgIpc) is 2.91. The van der Waals surface area contributed by atoms with E-state index in [0.717, 1.165) is 41.3 Å². The fourth-order valence-corrected chi connectivity index (χ4v) is 6.04. The molecule has 0 amide bonds. The second-order valence-electron chi connectivity index (χ2n) is 8.03. The van der Waals surface area contributed by atoms with E-state index in [9.17, 15) is 5.26 Å². The van der Waals surface area contributed by atoms with Crippen LogP contribution in [0, 0.1) is 11.3 Å². The van der Waals surface area contributed by atoms with Crippen LogP contribution < -0.4 is 4.74 Å². The first-order valence-corrected chi connectivity index (χ1v) is 11.9. The molecule has 0 N–H and O–H groups in total. The minimum absolute atomic E-state index is 0.613. The summed E-state index contributed by atoms with van der Waals surface area (Å²) in [5.41, 5.74) is 2.97. The largest absolute Gasteiger partial charge is 0.493 e. The number of hydrogen-bond acceptors (Lipinski definition) is 4. The standard InChI is InChI=1S/C25H30N2OS/c1-2-28-23-13-8-12-22-24(23)29-18-20-10-4-5-11-21(20)25(22,19-26)14-9-17-27-15-6-3-7-16-27/h4-5,8,10-13H,2-3,6-7,9,14-18H2,1H3. The number of rotatable bonds is 6. The van der Waals surface area contributed by atoms with E-state index in [4.69, 9.17) is 4.74 Å². The summed E-state index contributed by atoms with van der Waals surface area (Å²) in [5, 5.41) is 10.6. The summed E-state index contributed by atoms with van der Waals surface area (Å²) < 4.78 is 5.96. The summed E-state index contributed by atoms with van der Waals surface area (Å²) in [6.45, 7) is 6.15. The third-order valence-electron chi connectivity index (χ3n) is 6.25. The Morgan fingerprint density at radius 1 is 1.07 bits per heavy atom. The van der Waals surface area contributed by atoms with Crippen LogP contribution >= 0.6 is 11.8 Å². The van der Waals surface area contributed by atoms with Gasteiger partial charge in [-0.05, 0) is 75.0 Å². The summed E-state index contributed by atoms with van der Waals surface area (Å²) in [4.78, 5) is 3.72. The van der Waals surface area contributed by atoms with Crippen molar-refractivity contribution < 1.29 is 4.74 Å². The molecule has 4 heteroatoms. The Balaban J connectivity index is 1.72. The molecule has 4 rings (SSSR count). The highest BCUT2D eigenvalue weighted by Crippen LogP contribution is 2.49. The molecule has 29 heavy (non-hydrogen) atoms. The van der Waals surface area contributed by atoms with Crippen LogP contribution in [0.15, 0.2) is 47.4 Å². The molecule has 2 heterocycles. The second-order valence-corrected chi connectivity index (χ2v) is 9.02. The predicted octanol–water partition coefficient (Wildman–Crippen LogP) is 5.77. The molecule has 1 atom stereocenters. The number of hydrogen-bond donors (Lipinski definition) is 0. The molecule has 0 radical (unpaired) electrons. The first-order chi connectivity index (χ1) is 14.3. The molecule has 0 bridgehead atoms. The van der Waals surface area contributed by atoms with Gasteiger partial charge in [0.05, 0.1) is 17.6 Å². The van der Waals surface area contributed by atoms with E-state index in [1.807, 2.05) is 24.8 Å². The first-order valence-electron chi connectivity index (χ1n) is 10.9. The van der Waals surface area contributed by atoms with Crippen molar-refractivity contribution in [2.75, 3.05) is 26.2 Å². The van der Waals surface area contributed by atoms with Crippen molar-refractivity contribution in [2.45, 2.75) is 55.1 Å². The molecule has 2 aliphatic heterocycles. The lowest BCUT2D eigenvalue weighted by molar-refractivity contribution is 0.221. The Kier molecular flexibility index (Phi) is 6.47. The number of piperidine rings is 1. The van der Waals surface area contributed by atoms with Crippen molar-refractivity contribution in [3.05, 3.63) is 59.2 Å². The van der Waals surface area contributed by atoms with Crippen LogP contribution in [0.3, 0.4) is 0 Å². The highest BCUT2D eigenvalue weighted by molar-refractivity contribution is 7.98. The number of ether oxygens (including phenoxy) is 1. The van der Waals surface area contributed by atoms with E-state index in [1.165, 1.54) is 43.5 Å². The van der Waals surface area contributed by atoms with Crippen LogP contribution in [0.25, 0.3) is 0 Å². The van der Waals surface area contributed by atoms with Gasteiger partial charge in [-0.2, -0.15) is 5.26 Å². The molecule has 2 aromatic carbocycles. The molecule has 0 saturated carbocycles. The monoisotopic (exact) mass is 406 g/mol. The van der Waals surface area contributed by atoms with Gasteiger partial charge in [0.25, 0.3) is 0 Å². The summed E-state index contributed by atoms with van der Waals surface area (Å²) in [5.74, 6) is 1.79. The van der Waals surface area contributed by atoms with E-state index in [0.29, 0.717) is 6.61 Å². The van der Waals surface area contributed by atoms with Crippen molar-refractivity contribution in [2.24, 2.45) is 0 Å². The van der Waals surface area contributed by atoms with Gasteiger partial charge in [0.1, 0.15) is 11.2 Å². The van der Waals surface area contributed by atoms with Gasteiger partial charge in [0.15, 0.2) is 0 Å². The van der Waals surface area contributed by atoms with E-state index < -0.39 is 5.41 Å². The van der Waals surface area contributed by atoms with Crippen molar-refractivity contribution in [3.8, 4) is 11.8 Å². The van der Waals surface area contributed by atoms with Gasteiger partial charge in [0.2, 0.25) is 0 Å². The van der Waals surface area contributed by atoms with Crippen LogP contribution in [0.4, 0.5) is 0 Å². The molecule has 152 valence electrons. The first kappa shape index (κ1) is 20.3. The van der Waals surface area contributed by atoms with Crippen LogP contribution in [-0.4, -0.2) is 31.1 Å². The highest BCUT2D eigenvalue weighted by atomic mass is 32.2. The van der Waals surface area contributed by atoms with Gasteiger partial charge in [-0.3, -0.25) is 0 Å². The number of nitrogens with zero attached hydrogens (tertiary/aromatic N) is 2. The smallest absolute Gasteiger partial charge is 0.133 e. The normalized spacial score (nSPS) is 21.5. The van der Waals surface area contributed by atoms with Crippen molar-refractivity contribution in [1.82, 2.24) is 4.90 Å². The zero-order chi connectivity index (χ0) is 20.1. The Hall–Kier alpha value is -1.96. The van der Waals surface area contributed by atoms with E-state index in [1.54, 1.807) is 0 Å². The Bertz CT molecular complexity index is 885. The zero-order valence-corrected chi connectivity index (χ0v) is 18.1. The van der Waals surface area contributed by atoms with Gasteiger partial charge >= 0.3 is 0 Å². The van der Waals surface area contributed by atoms with Gasteiger partial charge in [0, 0.05) is 5.75 Å². The quantitative estimate of drug-likeness (QED) is 0.610. The van der Waals surface area contributed by atoms with E-state index in [2.05, 4.69) is 47.4 Å². The maximum absolute atomic E-state index is 10.6. The molecule has 1 saturated heterocycles. The molecule has 1 unspecified atom stereocenters. The molecular formula is C25H30N2OS. The van der Waals surface area contributed by atoms with Gasteiger partial charge in [-0.25, -0.2) is 0 Å². The maximum Gasteiger partial charge on any atom is 0.133 e. The average molecular weight is 407 g/mol. The van der Waals surface area contributed by atoms with Crippen LogP contribution in [0.5, 0.6) is 5.75 Å². The molecule has 0 aliphatic carbocycles. The molecule has 0 aromatic heterocycles. The highest BCUT2D eigenvalue weighted by Gasteiger charge is 2.40. The Morgan fingerprint density at radius 3 is 2.66 bits per heavy atom. The summed E-state index contributed by atoms with van der Waals surface area (Å²) in [6, 6.07) is 17.6. The zero-order valence-electron chi connectivity index (χ0n) is 17.3. The summed E-state index contributed by atoms with van der Waals surface area (Å²) in [7, 11) is 0.